The summed E-state index contributed by atoms with van der Waals surface area (Å²) in [4.78, 5) is 20.2. The number of methoxy groups -OCH3 is 1. The van der Waals surface area contributed by atoms with Gasteiger partial charge in [-0.3, -0.25) is 0 Å². The Kier molecular flexibility index (Phi) is 8.05. The molecule has 2 unspecified atom stereocenters. The lowest BCUT2D eigenvalue weighted by Crippen LogP contribution is -2.58. The zero-order valence-corrected chi connectivity index (χ0v) is 22.2. The van der Waals surface area contributed by atoms with Gasteiger partial charge in [-0.15, -0.1) is 0 Å². The van der Waals surface area contributed by atoms with Crippen LogP contribution in [0, 0.1) is 23.2 Å². The van der Waals surface area contributed by atoms with Gasteiger partial charge in [-0.2, -0.15) is 10.2 Å². The maximum absolute atomic E-state index is 9.10. The zero-order chi connectivity index (χ0) is 26.5. The summed E-state index contributed by atoms with van der Waals surface area (Å²) in [5.41, 5.74) is 2.23. The molecule has 2 aliphatic heterocycles. The summed E-state index contributed by atoms with van der Waals surface area (Å²) < 4.78 is 18.0. The van der Waals surface area contributed by atoms with Crippen LogP contribution in [0.5, 0.6) is 11.6 Å². The number of hydrogen-bond donors (Lipinski definition) is 1. The Bertz CT molecular complexity index is 1290. The Hall–Kier alpha value is -3.68. The highest BCUT2D eigenvalue weighted by atomic mass is 35.5. The van der Waals surface area contributed by atoms with Crippen LogP contribution in [0.25, 0.3) is 0 Å². The van der Waals surface area contributed by atoms with Crippen LogP contribution in [0.1, 0.15) is 30.9 Å². The number of nitriles is 1. The number of ether oxygens (including phenoxy) is 3. The van der Waals surface area contributed by atoms with Crippen molar-refractivity contribution >= 4 is 29.1 Å². The first-order chi connectivity index (χ1) is 18.6. The van der Waals surface area contributed by atoms with Gasteiger partial charge in [0.1, 0.15) is 12.4 Å². The number of unbranched alkanes of at least 4 members (excludes halogenated alkanes) is 1. The average Bonchev–Trinajstić information content (AvgIpc) is 2.93. The number of aryl methyl sites for hydroxylation is 1. The maximum Gasteiger partial charge on any atom is 0.262 e. The summed E-state index contributed by atoms with van der Waals surface area (Å²) >= 11 is 6.35. The van der Waals surface area contributed by atoms with E-state index in [0.29, 0.717) is 46.9 Å². The van der Waals surface area contributed by atoms with Gasteiger partial charge in [0.05, 0.1) is 42.7 Å². The van der Waals surface area contributed by atoms with Crippen LogP contribution in [0.4, 0.5) is 17.5 Å². The number of piperidine rings is 1. The highest BCUT2D eigenvalue weighted by Gasteiger charge is 2.43. The molecule has 2 atom stereocenters. The molecule has 10 nitrogen and oxygen atoms in total. The molecule has 0 spiro atoms. The SMILES string of the molecule is CCCCc1cnc(N2CC3COCC(C2)C3Oc2ncnc(Nc3ccc(C#N)cc3Cl)c2OC)nc1. The van der Waals surface area contributed by atoms with Gasteiger partial charge in [0.25, 0.3) is 5.88 Å². The van der Waals surface area contributed by atoms with Gasteiger partial charge in [-0.1, -0.05) is 24.9 Å². The van der Waals surface area contributed by atoms with Crippen molar-refractivity contribution in [1.29, 1.82) is 5.26 Å². The second kappa shape index (κ2) is 11.8. The number of benzene rings is 1. The van der Waals surface area contributed by atoms with E-state index in [9.17, 15) is 0 Å². The lowest BCUT2D eigenvalue weighted by Gasteiger charge is -2.46. The normalized spacial score (nSPS) is 20.5. The van der Waals surface area contributed by atoms with E-state index in [1.54, 1.807) is 25.3 Å². The van der Waals surface area contributed by atoms with E-state index in [0.717, 1.165) is 38.3 Å². The molecular weight excluding hydrogens is 506 g/mol. The van der Waals surface area contributed by atoms with Gasteiger partial charge in [-0.25, -0.2) is 15.0 Å². The van der Waals surface area contributed by atoms with Crippen LogP contribution in [0.3, 0.4) is 0 Å². The predicted octanol–water partition coefficient (Wildman–Crippen LogP) is 4.42. The molecule has 1 N–H and O–H groups in total. The number of hydrogen-bond acceptors (Lipinski definition) is 10. The molecule has 3 aromatic rings. The quantitative estimate of drug-likeness (QED) is 0.421. The Morgan fingerprint density at radius 1 is 1.16 bits per heavy atom. The van der Waals surface area contributed by atoms with Gasteiger partial charge in [-0.05, 0) is 36.6 Å². The fraction of sp³-hybridized carbons (Fsp3) is 0.444. The maximum atomic E-state index is 9.10. The molecule has 5 rings (SSSR count). The molecule has 0 amide bonds. The van der Waals surface area contributed by atoms with Crippen molar-refractivity contribution < 1.29 is 14.2 Å². The van der Waals surface area contributed by atoms with Crippen LogP contribution in [0.15, 0.2) is 36.9 Å². The molecule has 2 aromatic heterocycles. The average molecular weight is 536 g/mol. The van der Waals surface area contributed by atoms with Crippen LogP contribution in [-0.2, 0) is 11.2 Å². The second-order valence-corrected chi connectivity index (χ2v) is 9.94. The van der Waals surface area contributed by atoms with Crippen LogP contribution < -0.4 is 19.7 Å². The van der Waals surface area contributed by atoms with Crippen molar-refractivity contribution in [2.24, 2.45) is 11.8 Å². The highest BCUT2D eigenvalue weighted by Crippen LogP contribution is 2.39. The molecule has 2 aliphatic rings. The Morgan fingerprint density at radius 3 is 2.58 bits per heavy atom. The van der Waals surface area contributed by atoms with E-state index in [1.165, 1.54) is 11.9 Å². The second-order valence-electron chi connectivity index (χ2n) is 9.53. The topological polar surface area (TPSA) is 118 Å². The minimum absolute atomic E-state index is 0.106. The number of nitrogens with one attached hydrogen (secondary N) is 1. The molecule has 198 valence electrons. The van der Waals surface area contributed by atoms with Crippen molar-refractivity contribution in [3.05, 3.63) is 53.1 Å². The number of fused-ring (bicyclic) bond motifs is 2. The lowest BCUT2D eigenvalue weighted by molar-refractivity contribution is -0.0775. The monoisotopic (exact) mass is 535 g/mol. The molecule has 1 aromatic carbocycles. The molecular formula is C27H30ClN7O3. The fourth-order valence-electron chi connectivity index (χ4n) is 4.93. The summed E-state index contributed by atoms with van der Waals surface area (Å²) in [7, 11) is 1.55. The van der Waals surface area contributed by atoms with Crippen molar-refractivity contribution in [3.8, 4) is 17.7 Å². The molecule has 0 aliphatic carbocycles. The van der Waals surface area contributed by atoms with Crippen molar-refractivity contribution in [3.63, 3.8) is 0 Å². The molecule has 4 heterocycles. The highest BCUT2D eigenvalue weighted by molar-refractivity contribution is 6.33. The van der Waals surface area contributed by atoms with Gasteiger partial charge in [0, 0.05) is 37.3 Å². The standard InChI is InChI=1S/C27H30ClN7O3/c1-3-4-5-18-10-30-27(31-11-18)35-12-19-14-37-15-20(13-35)23(19)38-26-24(36-2)25(32-16-33-26)34-22-7-6-17(9-29)8-21(22)28/h6-8,10-11,16,19-20,23H,3-5,12-15H2,1-2H3,(H,32,33,34). The minimum atomic E-state index is -0.112. The van der Waals surface area contributed by atoms with E-state index in [1.807, 2.05) is 12.4 Å². The first-order valence-corrected chi connectivity index (χ1v) is 13.1. The van der Waals surface area contributed by atoms with Crippen molar-refractivity contribution in [1.82, 2.24) is 19.9 Å². The molecule has 2 bridgehead atoms. The predicted molar refractivity (Wildman–Crippen MR) is 143 cm³/mol. The minimum Gasteiger partial charge on any atom is -0.489 e. The van der Waals surface area contributed by atoms with Gasteiger partial charge in [0.15, 0.2) is 5.82 Å². The third-order valence-electron chi connectivity index (χ3n) is 6.87. The first-order valence-electron chi connectivity index (χ1n) is 12.8. The third kappa shape index (κ3) is 5.59. The molecule has 0 saturated carbocycles. The molecule has 38 heavy (non-hydrogen) atoms. The summed E-state index contributed by atoms with van der Waals surface area (Å²) in [6, 6.07) is 7.06. The van der Waals surface area contributed by atoms with Gasteiger partial charge < -0.3 is 24.4 Å². The smallest absolute Gasteiger partial charge is 0.262 e. The summed E-state index contributed by atoms with van der Waals surface area (Å²) in [6.45, 7) is 4.77. The lowest BCUT2D eigenvalue weighted by atomic mass is 9.84. The number of aromatic nitrogens is 4. The van der Waals surface area contributed by atoms with E-state index < -0.39 is 0 Å². The zero-order valence-electron chi connectivity index (χ0n) is 21.4. The summed E-state index contributed by atoms with van der Waals surface area (Å²) in [6.07, 6.45) is 8.47. The van der Waals surface area contributed by atoms with E-state index in [-0.39, 0.29) is 17.9 Å². The summed E-state index contributed by atoms with van der Waals surface area (Å²) in [5, 5.41) is 12.7. The molecule has 2 fully saturated rings. The first kappa shape index (κ1) is 25.9. The third-order valence-corrected chi connectivity index (χ3v) is 7.18. The number of rotatable bonds is 9. The molecule has 0 radical (unpaired) electrons. The van der Waals surface area contributed by atoms with E-state index in [4.69, 9.17) is 31.1 Å². The van der Waals surface area contributed by atoms with Crippen LogP contribution in [0.2, 0.25) is 5.02 Å². The Labute approximate surface area is 227 Å². The van der Waals surface area contributed by atoms with Gasteiger partial charge in [0.2, 0.25) is 11.7 Å². The van der Waals surface area contributed by atoms with Crippen LogP contribution in [-0.4, -0.2) is 59.5 Å². The van der Waals surface area contributed by atoms with E-state index >= 15 is 0 Å². The van der Waals surface area contributed by atoms with Crippen molar-refractivity contribution in [2.75, 3.05) is 43.6 Å². The van der Waals surface area contributed by atoms with Crippen molar-refractivity contribution in [2.45, 2.75) is 32.3 Å². The number of nitrogens with zero attached hydrogens (tertiary/aromatic N) is 6. The van der Waals surface area contributed by atoms with Gasteiger partial charge >= 0.3 is 0 Å². The Balaban J connectivity index is 1.32. The largest absolute Gasteiger partial charge is 0.489 e. The molecule has 2 saturated heterocycles. The van der Waals surface area contributed by atoms with Crippen LogP contribution >= 0.6 is 11.6 Å². The summed E-state index contributed by atoms with van der Waals surface area (Å²) in [5.74, 6) is 2.09. The van der Waals surface area contributed by atoms with E-state index in [2.05, 4.69) is 43.1 Å². The number of anilines is 3. The molecule has 11 heteroatoms. The Morgan fingerprint density at radius 2 is 1.92 bits per heavy atom. The fourth-order valence-corrected chi connectivity index (χ4v) is 5.16. The number of halogens is 1.